The van der Waals surface area contributed by atoms with Crippen LogP contribution in [0, 0.1) is 0 Å². The van der Waals surface area contributed by atoms with Crippen LogP contribution < -0.4 is 14.8 Å². The molecule has 0 amide bonds. The molecule has 1 aliphatic heterocycles. The van der Waals surface area contributed by atoms with E-state index in [4.69, 9.17) is 18.9 Å². The predicted octanol–water partition coefficient (Wildman–Crippen LogP) is 4.35. The van der Waals surface area contributed by atoms with Crippen molar-refractivity contribution in [2.24, 2.45) is 0 Å². The van der Waals surface area contributed by atoms with Crippen LogP contribution in [-0.2, 0) is 19.1 Å². The first-order valence-electron chi connectivity index (χ1n) is 12.4. The zero-order valence-electron chi connectivity index (χ0n) is 21.6. The number of nitrogens with one attached hydrogen (secondary N) is 1. The van der Waals surface area contributed by atoms with Gasteiger partial charge in [-0.25, -0.2) is 4.79 Å². The van der Waals surface area contributed by atoms with Gasteiger partial charge in [-0.2, -0.15) is 0 Å². The number of benzene rings is 2. The smallest absolute Gasteiger partial charge is 0.336 e. The lowest BCUT2D eigenvalue weighted by atomic mass is 9.71. The van der Waals surface area contributed by atoms with Gasteiger partial charge >= 0.3 is 5.97 Å². The van der Waals surface area contributed by atoms with Gasteiger partial charge in [0.2, 0.25) is 0 Å². The second-order valence-electron chi connectivity index (χ2n) is 9.06. The van der Waals surface area contributed by atoms with Crippen LogP contribution >= 0.6 is 0 Å². The SMILES string of the molecule is CCOCCOC(=O)C1=C(C)NC2=C(C(=O)CC(c3ccc(OC)c(OC)c3)C2)C1c1ccc(O)cc1. The van der Waals surface area contributed by atoms with Gasteiger partial charge in [-0.05, 0) is 61.6 Å². The van der Waals surface area contributed by atoms with Gasteiger partial charge in [0.15, 0.2) is 17.3 Å². The van der Waals surface area contributed by atoms with Crippen LogP contribution in [0.15, 0.2) is 65.0 Å². The van der Waals surface area contributed by atoms with Gasteiger partial charge in [0.25, 0.3) is 0 Å². The Hall–Kier alpha value is -3.78. The van der Waals surface area contributed by atoms with Crippen LogP contribution in [0.3, 0.4) is 0 Å². The van der Waals surface area contributed by atoms with Crippen LogP contribution in [0.2, 0.25) is 0 Å². The van der Waals surface area contributed by atoms with E-state index in [1.807, 2.05) is 32.0 Å². The Labute approximate surface area is 216 Å². The molecule has 8 heteroatoms. The molecule has 2 aliphatic rings. The normalized spacial score (nSPS) is 19.3. The number of carbonyl (C=O) groups excluding carboxylic acids is 2. The van der Waals surface area contributed by atoms with Gasteiger partial charge in [0.05, 0.1) is 26.4 Å². The highest BCUT2D eigenvalue weighted by atomic mass is 16.6. The molecule has 2 aromatic carbocycles. The number of methoxy groups -OCH3 is 2. The molecule has 4 rings (SSSR count). The van der Waals surface area contributed by atoms with Gasteiger partial charge < -0.3 is 29.4 Å². The summed E-state index contributed by atoms with van der Waals surface area (Å²) < 4.78 is 21.6. The zero-order valence-corrected chi connectivity index (χ0v) is 21.6. The number of aromatic hydroxyl groups is 1. The molecule has 37 heavy (non-hydrogen) atoms. The number of allylic oxidation sites excluding steroid dienone is 3. The minimum absolute atomic E-state index is 0.0428. The number of ether oxygens (including phenoxy) is 4. The molecule has 0 spiro atoms. The van der Waals surface area contributed by atoms with Crippen LogP contribution in [0.1, 0.15) is 49.7 Å². The maximum absolute atomic E-state index is 13.7. The van der Waals surface area contributed by atoms with Crippen molar-refractivity contribution in [3.8, 4) is 17.2 Å². The van der Waals surface area contributed by atoms with Crippen LogP contribution in [0.5, 0.6) is 17.2 Å². The van der Waals surface area contributed by atoms with Gasteiger partial charge in [0, 0.05) is 35.9 Å². The molecule has 2 aromatic rings. The lowest BCUT2D eigenvalue weighted by molar-refractivity contribution is -0.140. The van der Waals surface area contributed by atoms with Gasteiger partial charge in [-0.3, -0.25) is 4.79 Å². The highest BCUT2D eigenvalue weighted by Gasteiger charge is 2.41. The first-order chi connectivity index (χ1) is 17.9. The molecule has 0 saturated heterocycles. The summed E-state index contributed by atoms with van der Waals surface area (Å²) in [6.45, 7) is 4.64. The molecule has 0 fully saturated rings. The maximum atomic E-state index is 13.7. The van der Waals surface area contributed by atoms with E-state index in [9.17, 15) is 14.7 Å². The summed E-state index contributed by atoms with van der Waals surface area (Å²) in [6, 6.07) is 12.3. The number of phenolic OH excluding ortho intramolecular Hbond substituents is 1. The minimum Gasteiger partial charge on any atom is -0.508 e. The first-order valence-corrected chi connectivity index (χ1v) is 12.4. The molecular weight excluding hydrogens is 474 g/mol. The number of dihydropyridines is 1. The Morgan fingerprint density at radius 2 is 1.70 bits per heavy atom. The van der Waals surface area contributed by atoms with E-state index in [1.165, 1.54) is 0 Å². The van der Waals surface area contributed by atoms with E-state index >= 15 is 0 Å². The number of rotatable bonds is 9. The van der Waals surface area contributed by atoms with E-state index in [-0.39, 0.29) is 30.5 Å². The summed E-state index contributed by atoms with van der Waals surface area (Å²) in [5, 5.41) is 13.2. The monoisotopic (exact) mass is 507 g/mol. The molecule has 1 heterocycles. The average Bonchev–Trinajstić information content (AvgIpc) is 2.90. The third kappa shape index (κ3) is 5.49. The van der Waals surface area contributed by atoms with Crippen molar-refractivity contribution < 1.29 is 33.6 Å². The Morgan fingerprint density at radius 3 is 2.38 bits per heavy atom. The van der Waals surface area contributed by atoms with Gasteiger partial charge in [-0.15, -0.1) is 0 Å². The number of ketones is 1. The summed E-state index contributed by atoms with van der Waals surface area (Å²) >= 11 is 0. The Bertz CT molecular complexity index is 1230. The molecule has 8 nitrogen and oxygen atoms in total. The number of carbonyl (C=O) groups is 2. The van der Waals surface area contributed by atoms with Crippen LogP contribution in [0.25, 0.3) is 0 Å². The number of hydrogen-bond acceptors (Lipinski definition) is 8. The van der Waals surface area contributed by atoms with Crippen molar-refractivity contribution >= 4 is 11.8 Å². The number of hydrogen-bond donors (Lipinski definition) is 2. The molecule has 196 valence electrons. The van der Waals surface area contributed by atoms with E-state index in [0.717, 1.165) is 16.8 Å². The molecule has 0 bridgehead atoms. The fourth-order valence-electron chi connectivity index (χ4n) is 5.07. The quantitative estimate of drug-likeness (QED) is 0.381. The minimum atomic E-state index is -0.602. The molecule has 0 saturated carbocycles. The predicted molar refractivity (Wildman–Crippen MR) is 138 cm³/mol. The van der Waals surface area contributed by atoms with Crippen molar-refractivity contribution in [3.63, 3.8) is 0 Å². The van der Waals surface area contributed by atoms with E-state index in [2.05, 4.69) is 5.32 Å². The standard InChI is InChI=1S/C29H33NO7/c1-5-36-12-13-37-29(33)26-17(2)30-22-14-20(19-8-11-24(34-3)25(16-19)35-4)15-23(32)28(22)27(26)18-6-9-21(31)10-7-18/h6-11,16,20,27,30-31H,5,12-15H2,1-4H3. The maximum Gasteiger partial charge on any atom is 0.336 e. The number of esters is 1. The number of phenols is 1. The third-order valence-electron chi connectivity index (χ3n) is 6.82. The fourth-order valence-corrected chi connectivity index (χ4v) is 5.07. The summed E-state index contributed by atoms with van der Waals surface area (Å²) in [5.41, 5.74) is 4.09. The lowest BCUT2D eigenvalue weighted by Crippen LogP contribution is -2.36. The lowest BCUT2D eigenvalue weighted by Gasteiger charge is -2.36. The topological polar surface area (TPSA) is 103 Å². The molecule has 2 unspecified atom stereocenters. The average molecular weight is 508 g/mol. The van der Waals surface area contributed by atoms with Crippen molar-refractivity contribution in [3.05, 3.63) is 76.1 Å². The largest absolute Gasteiger partial charge is 0.508 e. The summed E-state index contributed by atoms with van der Waals surface area (Å²) in [4.78, 5) is 27.0. The Kier molecular flexibility index (Phi) is 8.18. The van der Waals surface area contributed by atoms with Crippen molar-refractivity contribution in [1.82, 2.24) is 5.32 Å². The number of Topliss-reactive ketones (excluding diaryl/α,β-unsaturated/α-hetero) is 1. The highest BCUT2D eigenvalue weighted by Crippen LogP contribution is 2.46. The molecule has 2 N–H and O–H groups in total. The summed E-state index contributed by atoms with van der Waals surface area (Å²) in [7, 11) is 3.17. The molecule has 0 radical (unpaired) electrons. The molecule has 1 aliphatic carbocycles. The van der Waals surface area contributed by atoms with E-state index in [0.29, 0.717) is 48.0 Å². The van der Waals surface area contributed by atoms with Crippen molar-refractivity contribution in [1.29, 1.82) is 0 Å². The van der Waals surface area contributed by atoms with Crippen LogP contribution in [0.4, 0.5) is 0 Å². The van der Waals surface area contributed by atoms with E-state index < -0.39 is 11.9 Å². The fraction of sp³-hybridized carbons (Fsp3) is 0.379. The second-order valence-corrected chi connectivity index (χ2v) is 9.06. The molecular formula is C29H33NO7. The molecule has 0 aromatic heterocycles. The summed E-state index contributed by atoms with van der Waals surface area (Å²) in [6.07, 6.45) is 0.880. The van der Waals surface area contributed by atoms with Gasteiger partial charge in [0.1, 0.15) is 12.4 Å². The van der Waals surface area contributed by atoms with Gasteiger partial charge in [-0.1, -0.05) is 18.2 Å². The van der Waals surface area contributed by atoms with Crippen LogP contribution in [-0.4, -0.2) is 50.9 Å². The first kappa shape index (κ1) is 26.3. The van der Waals surface area contributed by atoms with Crippen molar-refractivity contribution in [2.45, 2.75) is 38.5 Å². The zero-order chi connectivity index (χ0) is 26.5. The molecule has 2 atom stereocenters. The summed E-state index contributed by atoms with van der Waals surface area (Å²) in [5.74, 6) is 0.142. The second kappa shape index (κ2) is 11.5. The Balaban J connectivity index is 1.70. The van der Waals surface area contributed by atoms with E-state index in [1.54, 1.807) is 38.5 Å². The van der Waals surface area contributed by atoms with Crippen molar-refractivity contribution in [2.75, 3.05) is 34.0 Å². The third-order valence-corrected chi connectivity index (χ3v) is 6.82. The highest BCUT2D eigenvalue weighted by molar-refractivity contribution is 6.04. The Morgan fingerprint density at radius 1 is 1.00 bits per heavy atom.